The van der Waals surface area contributed by atoms with Crippen LogP contribution in [0.25, 0.3) is 0 Å². The summed E-state index contributed by atoms with van der Waals surface area (Å²) in [4.78, 5) is 0. The van der Waals surface area contributed by atoms with Gasteiger partial charge in [-0.2, -0.15) is 0 Å². The van der Waals surface area contributed by atoms with E-state index in [1.165, 1.54) is 51.6 Å². The van der Waals surface area contributed by atoms with Gasteiger partial charge < -0.3 is 17.9 Å². The fourth-order valence-corrected chi connectivity index (χ4v) is 4.53. The zero-order chi connectivity index (χ0) is 35.7. The number of hydrogen-bond acceptors (Lipinski definition) is 0. The molecular weight excluding hydrogens is 548 g/mol. The number of likely N-dealkylation sites (N-methyl/N-ethyl adjacent to an activating group) is 4. The summed E-state index contributed by atoms with van der Waals surface area (Å²) in [5.41, 5.74) is 0. The van der Waals surface area contributed by atoms with Crippen LogP contribution < -0.4 is 0 Å². The first-order chi connectivity index (χ1) is 21.0. The number of allylic oxidation sites excluding steroid dienone is 2. The molecule has 0 atom stereocenters. The van der Waals surface area contributed by atoms with Gasteiger partial charge in [0.1, 0.15) is 0 Å². The second kappa shape index (κ2) is 31.7. The molecule has 0 aliphatic heterocycles. The second-order valence-electron chi connectivity index (χ2n) is 14.3. The van der Waals surface area contributed by atoms with E-state index in [1.807, 2.05) is 42.5 Å². The summed E-state index contributed by atoms with van der Waals surface area (Å²) in [7, 11) is 15.5. The van der Waals surface area contributed by atoms with Crippen molar-refractivity contribution < 1.29 is 17.9 Å². The Labute approximate surface area is 285 Å². The highest BCUT2D eigenvalue weighted by Crippen LogP contribution is 2.06. The molecule has 4 nitrogen and oxygen atoms in total. The molecule has 0 aromatic carbocycles. The lowest BCUT2D eigenvalue weighted by molar-refractivity contribution is -0.898. The van der Waals surface area contributed by atoms with Crippen LogP contribution in [-0.4, -0.2) is 126 Å². The van der Waals surface area contributed by atoms with Gasteiger partial charge in [-0.3, -0.25) is 0 Å². The molecule has 0 bridgehead atoms. The molecule has 0 unspecified atom stereocenters. The van der Waals surface area contributed by atoms with Crippen LogP contribution in [0.5, 0.6) is 0 Å². The minimum Gasteiger partial charge on any atom is -0.325 e. The van der Waals surface area contributed by atoms with Gasteiger partial charge in [0.2, 0.25) is 0 Å². The molecule has 0 aromatic rings. The molecule has 0 N–H and O–H groups in total. The molecule has 0 spiro atoms. The Morgan fingerprint density at radius 1 is 0.378 bits per heavy atom. The normalized spacial score (nSPS) is 11.4. The molecule has 262 valence electrons. The molecule has 0 saturated heterocycles. The topological polar surface area (TPSA) is 0 Å². The average Bonchev–Trinajstić information content (AvgIpc) is 2.94. The van der Waals surface area contributed by atoms with Gasteiger partial charge in [0.05, 0.1) is 108 Å². The van der Waals surface area contributed by atoms with Crippen molar-refractivity contribution in [2.45, 2.75) is 58.8 Å². The van der Waals surface area contributed by atoms with E-state index >= 15 is 0 Å². The van der Waals surface area contributed by atoms with Crippen LogP contribution >= 0.6 is 0 Å². The predicted molar refractivity (Wildman–Crippen MR) is 210 cm³/mol. The maximum Gasteiger partial charge on any atom is 0.0972 e. The largest absolute Gasteiger partial charge is 0.325 e. The highest BCUT2D eigenvalue weighted by atomic mass is 15.3. The average molecular weight is 631 g/mol. The Balaban J connectivity index is -0.000000251. The molecular formula is C41H82N4+4. The van der Waals surface area contributed by atoms with Gasteiger partial charge in [-0.15, -0.1) is 6.58 Å². The number of quaternary nitrogens is 4. The van der Waals surface area contributed by atoms with E-state index in [9.17, 15) is 0 Å². The second-order valence-corrected chi connectivity index (χ2v) is 14.3. The van der Waals surface area contributed by atoms with Crippen molar-refractivity contribution in [3.8, 4) is 0 Å². The third kappa shape index (κ3) is 39.7. The van der Waals surface area contributed by atoms with Gasteiger partial charge in [-0.1, -0.05) is 78.3 Å². The molecule has 0 aromatic heterocycles. The van der Waals surface area contributed by atoms with Crippen LogP contribution in [0.15, 0.2) is 101 Å². The van der Waals surface area contributed by atoms with Gasteiger partial charge in [0, 0.05) is 0 Å². The molecule has 4 heteroatoms. The summed E-state index contributed by atoms with van der Waals surface area (Å²) >= 11 is 0. The highest BCUT2D eigenvalue weighted by molar-refractivity contribution is 4.81. The van der Waals surface area contributed by atoms with E-state index < -0.39 is 0 Å². The molecule has 0 amide bonds. The van der Waals surface area contributed by atoms with Gasteiger partial charge in [-0.25, -0.2) is 0 Å². The van der Waals surface area contributed by atoms with E-state index in [0.717, 1.165) is 70.2 Å². The standard InChI is InChI=1S/3C11H22N.C8H16N/c2*1-5-7-8-9-11-12(3,4)10-6-2;1-5-8-11-12(4,9-6-2)10-7-3;1-5-7-9(3,4)8-6-2/h6,8-9H,2,5,7,10-11H2,1,3-4H3;5-6H,1-2,7-11H2,3-4H3;6-7H,2-3,5,8-11H2,1,4H3;5-6H,1-2,7-8H2,3-4H3/q4*+1/b9-8+;;;. The molecule has 0 rings (SSSR count). The molecule has 0 aliphatic carbocycles. The Morgan fingerprint density at radius 2 is 0.800 bits per heavy atom. The summed E-state index contributed by atoms with van der Waals surface area (Å²) in [6.45, 7) is 40.4. The third-order valence-electron chi connectivity index (χ3n) is 7.33. The molecule has 0 heterocycles. The van der Waals surface area contributed by atoms with Crippen molar-refractivity contribution >= 4 is 0 Å². The maximum absolute atomic E-state index is 3.79. The summed E-state index contributed by atoms with van der Waals surface area (Å²) < 4.78 is 4.07. The predicted octanol–water partition coefficient (Wildman–Crippen LogP) is 9.25. The zero-order valence-corrected chi connectivity index (χ0v) is 32.2. The smallest absolute Gasteiger partial charge is 0.0972 e. The minimum absolute atomic E-state index is 0.951. The lowest BCUT2D eigenvalue weighted by Crippen LogP contribution is -2.44. The summed E-state index contributed by atoms with van der Waals surface area (Å²) in [5, 5.41) is 0. The molecule has 0 fully saturated rings. The lowest BCUT2D eigenvalue weighted by atomic mass is 10.2. The summed E-state index contributed by atoms with van der Waals surface area (Å²) in [6.07, 6.45) is 27.1. The van der Waals surface area contributed by atoms with Gasteiger partial charge >= 0.3 is 0 Å². The number of unbranched alkanes of at least 4 members (excludes halogenated alkanes) is 4. The van der Waals surface area contributed by atoms with E-state index in [4.69, 9.17) is 0 Å². The molecule has 0 saturated carbocycles. The fraction of sp³-hybridized carbons (Fsp3) is 0.610. The SMILES string of the molecule is C=CCCCC[N+](C)(C)CC=C.C=CC[N+](C)(C)C/C=C/CCC.C=CC[N+](C)(C)CC=C.C=CC[N+](C)(CC=C)CCCC. The van der Waals surface area contributed by atoms with E-state index in [2.05, 4.69) is 121 Å². The number of hydrogen-bond donors (Lipinski definition) is 0. The monoisotopic (exact) mass is 631 g/mol. The first-order valence-corrected chi connectivity index (χ1v) is 17.3. The van der Waals surface area contributed by atoms with E-state index in [-0.39, 0.29) is 0 Å². The van der Waals surface area contributed by atoms with Crippen molar-refractivity contribution in [2.24, 2.45) is 0 Å². The van der Waals surface area contributed by atoms with Crippen molar-refractivity contribution in [3.63, 3.8) is 0 Å². The molecule has 45 heavy (non-hydrogen) atoms. The number of nitrogens with zero attached hydrogens (tertiary/aromatic N) is 4. The fourth-order valence-electron chi connectivity index (χ4n) is 4.53. The van der Waals surface area contributed by atoms with Crippen molar-refractivity contribution in [1.29, 1.82) is 0 Å². The van der Waals surface area contributed by atoms with Crippen molar-refractivity contribution in [3.05, 3.63) is 101 Å². The van der Waals surface area contributed by atoms with Crippen molar-refractivity contribution in [1.82, 2.24) is 0 Å². The third-order valence-corrected chi connectivity index (χ3v) is 7.33. The maximum atomic E-state index is 3.79. The lowest BCUT2D eigenvalue weighted by Gasteiger charge is -2.32. The van der Waals surface area contributed by atoms with Crippen LogP contribution in [0, 0.1) is 0 Å². The van der Waals surface area contributed by atoms with Crippen molar-refractivity contribution in [2.75, 3.05) is 108 Å². The minimum atomic E-state index is 0.951. The van der Waals surface area contributed by atoms with Crippen LogP contribution in [0.3, 0.4) is 0 Å². The molecule has 0 radical (unpaired) electrons. The Bertz CT molecular complexity index is 763. The summed E-state index contributed by atoms with van der Waals surface area (Å²) in [5.74, 6) is 0. The van der Waals surface area contributed by atoms with E-state index in [0.29, 0.717) is 0 Å². The van der Waals surface area contributed by atoms with Crippen LogP contribution in [0.1, 0.15) is 58.8 Å². The van der Waals surface area contributed by atoms with Crippen LogP contribution in [0.4, 0.5) is 0 Å². The summed E-state index contributed by atoms with van der Waals surface area (Å²) in [6, 6.07) is 0. The van der Waals surface area contributed by atoms with Gasteiger partial charge in [0.15, 0.2) is 0 Å². The molecule has 0 aliphatic rings. The van der Waals surface area contributed by atoms with E-state index in [1.54, 1.807) is 0 Å². The first-order valence-electron chi connectivity index (χ1n) is 17.3. The Kier molecular flexibility index (Phi) is 35.0. The number of rotatable bonds is 24. The highest BCUT2D eigenvalue weighted by Gasteiger charge is 2.16. The van der Waals surface area contributed by atoms with Crippen LogP contribution in [0.2, 0.25) is 0 Å². The quantitative estimate of drug-likeness (QED) is 0.0567. The Hall–Kier alpha value is -2.24. The van der Waals surface area contributed by atoms with Gasteiger partial charge in [0.25, 0.3) is 0 Å². The zero-order valence-electron chi connectivity index (χ0n) is 32.2. The Morgan fingerprint density at radius 3 is 1.18 bits per heavy atom. The van der Waals surface area contributed by atoms with Crippen LogP contribution in [-0.2, 0) is 0 Å². The first kappa shape index (κ1) is 49.6. The van der Waals surface area contributed by atoms with Gasteiger partial charge in [-0.05, 0) is 74.6 Å².